The SMILES string of the molecule is CCc1cc(=O)[nH]c(-c2ccc(NC(C)c3ccc(OCCOC)c(OC)c3)nc2)n1. The number of nitrogens with one attached hydrogen (secondary N) is 2. The zero-order valence-corrected chi connectivity index (χ0v) is 18.3. The van der Waals surface area contributed by atoms with Gasteiger partial charge >= 0.3 is 0 Å². The van der Waals surface area contributed by atoms with Crippen LogP contribution >= 0.6 is 0 Å². The molecule has 1 aromatic carbocycles. The number of nitrogens with zero attached hydrogens (tertiary/aromatic N) is 2. The maximum atomic E-state index is 11.8. The molecule has 2 aromatic heterocycles. The normalized spacial score (nSPS) is 11.7. The Bertz CT molecular complexity index is 1050. The maximum absolute atomic E-state index is 11.8. The molecule has 0 radical (unpaired) electrons. The van der Waals surface area contributed by atoms with E-state index in [2.05, 4.69) is 20.3 Å². The van der Waals surface area contributed by atoms with Gasteiger partial charge in [0.1, 0.15) is 18.2 Å². The summed E-state index contributed by atoms with van der Waals surface area (Å²) in [4.78, 5) is 23.5. The minimum absolute atomic E-state index is 0.0124. The predicted molar refractivity (Wildman–Crippen MR) is 120 cm³/mol. The van der Waals surface area contributed by atoms with Gasteiger partial charge in [0.2, 0.25) is 0 Å². The number of H-pyrrole nitrogens is 1. The Morgan fingerprint density at radius 1 is 1.10 bits per heavy atom. The third-order valence-electron chi connectivity index (χ3n) is 4.79. The molecule has 8 heteroatoms. The van der Waals surface area contributed by atoms with Crippen molar-refractivity contribution in [3.8, 4) is 22.9 Å². The molecule has 1 atom stereocenters. The minimum atomic E-state index is -0.165. The molecule has 31 heavy (non-hydrogen) atoms. The zero-order valence-electron chi connectivity index (χ0n) is 18.3. The van der Waals surface area contributed by atoms with Crippen LogP contribution in [0.25, 0.3) is 11.4 Å². The largest absolute Gasteiger partial charge is 0.493 e. The standard InChI is InChI=1S/C23H28N4O4/c1-5-18-13-22(28)27-23(26-18)17-7-9-21(24-14-17)25-15(2)16-6-8-19(20(12-16)30-4)31-11-10-29-3/h6-9,12-15H,5,10-11H2,1-4H3,(H,24,25)(H,26,27,28). The highest BCUT2D eigenvalue weighted by atomic mass is 16.5. The van der Waals surface area contributed by atoms with E-state index in [0.717, 1.165) is 16.8 Å². The Hall–Kier alpha value is -3.39. The fraction of sp³-hybridized carbons (Fsp3) is 0.348. The van der Waals surface area contributed by atoms with Gasteiger partial charge < -0.3 is 24.5 Å². The topological polar surface area (TPSA) is 98.4 Å². The Kier molecular flexibility index (Phi) is 7.61. The van der Waals surface area contributed by atoms with E-state index in [1.165, 1.54) is 6.07 Å². The highest BCUT2D eigenvalue weighted by Gasteiger charge is 2.12. The zero-order chi connectivity index (χ0) is 22.2. The summed E-state index contributed by atoms with van der Waals surface area (Å²) >= 11 is 0. The number of methoxy groups -OCH3 is 2. The van der Waals surface area contributed by atoms with Gasteiger partial charge in [-0.25, -0.2) is 9.97 Å². The average molecular weight is 425 g/mol. The van der Waals surface area contributed by atoms with E-state index in [9.17, 15) is 4.79 Å². The van der Waals surface area contributed by atoms with Crippen LogP contribution in [0.5, 0.6) is 11.5 Å². The van der Waals surface area contributed by atoms with E-state index >= 15 is 0 Å². The van der Waals surface area contributed by atoms with Crippen molar-refractivity contribution >= 4 is 5.82 Å². The van der Waals surface area contributed by atoms with E-state index in [1.807, 2.05) is 44.2 Å². The van der Waals surface area contributed by atoms with E-state index in [4.69, 9.17) is 14.2 Å². The lowest BCUT2D eigenvalue weighted by atomic mass is 10.1. The molecule has 8 nitrogen and oxygen atoms in total. The second-order valence-corrected chi connectivity index (χ2v) is 6.99. The lowest BCUT2D eigenvalue weighted by Crippen LogP contribution is -2.11. The second-order valence-electron chi connectivity index (χ2n) is 6.99. The van der Waals surface area contributed by atoms with Gasteiger partial charge in [0.05, 0.1) is 19.8 Å². The van der Waals surface area contributed by atoms with Crippen LogP contribution in [0.1, 0.15) is 31.1 Å². The third-order valence-corrected chi connectivity index (χ3v) is 4.79. The fourth-order valence-electron chi connectivity index (χ4n) is 3.06. The van der Waals surface area contributed by atoms with Crippen molar-refractivity contribution in [2.24, 2.45) is 0 Å². The van der Waals surface area contributed by atoms with Crippen molar-refractivity contribution < 1.29 is 14.2 Å². The van der Waals surface area contributed by atoms with Crippen LogP contribution in [0.15, 0.2) is 47.4 Å². The Balaban J connectivity index is 1.71. The molecule has 0 fully saturated rings. The summed E-state index contributed by atoms with van der Waals surface area (Å²) in [5, 5.41) is 3.37. The molecular formula is C23H28N4O4. The van der Waals surface area contributed by atoms with Crippen molar-refractivity contribution in [3.05, 3.63) is 64.2 Å². The number of aromatic nitrogens is 3. The van der Waals surface area contributed by atoms with Crippen LogP contribution in [0.3, 0.4) is 0 Å². The smallest absolute Gasteiger partial charge is 0.251 e. The molecule has 0 aliphatic carbocycles. The van der Waals surface area contributed by atoms with Crippen molar-refractivity contribution in [1.29, 1.82) is 0 Å². The number of hydrogen-bond acceptors (Lipinski definition) is 7. The van der Waals surface area contributed by atoms with Crippen molar-refractivity contribution in [3.63, 3.8) is 0 Å². The van der Waals surface area contributed by atoms with E-state index in [-0.39, 0.29) is 11.6 Å². The molecule has 1 unspecified atom stereocenters. The van der Waals surface area contributed by atoms with Gasteiger partial charge in [0.25, 0.3) is 5.56 Å². The number of rotatable bonds is 10. The number of aryl methyl sites for hydroxylation is 1. The van der Waals surface area contributed by atoms with Crippen LogP contribution < -0.4 is 20.3 Å². The molecule has 164 valence electrons. The Labute approximate surface area is 181 Å². The molecule has 3 rings (SSSR count). The third kappa shape index (κ3) is 5.82. The number of benzene rings is 1. The molecular weight excluding hydrogens is 396 g/mol. The van der Waals surface area contributed by atoms with E-state index in [1.54, 1.807) is 20.4 Å². The van der Waals surface area contributed by atoms with E-state index < -0.39 is 0 Å². The van der Waals surface area contributed by atoms with Crippen LogP contribution in [0.4, 0.5) is 5.82 Å². The van der Waals surface area contributed by atoms with Crippen molar-refractivity contribution in [2.75, 3.05) is 32.8 Å². The van der Waals surface area contributed by atoms with Gasteiger partial charge in [-0.1, -0.05) is 13.0 Å². The summed E-state index contributed by atoms with van der Waals surface area (Å²) in [6.45, 7) is 4.97. The summed E-state index contributed by atoms with van der Waals surface area (Å²) in [6.07, 6.45) is 2.39. The first-order chi connectivity index (χ1) is 15.0. The molecule has 0 aliphatic heterocycles. The quantitative estimate of drug-likeness (QED) is 0.480. The average Bonchev–Trinajstić information content (AvgIpc) is 2.79. The first-order valence-electron chi connectivity index (χ1n) is 10.2. The molecule has 3 aromatic rings. The molecule has 0 amide bonds. The molecule has 0 spiro atoms. The number of anilines is 1. The number of ether oxygens (including phenoxy) is 3. The first-order valence-corrected chi connectivity index (χ1v) is 10.2. The molecule has 0 saturated heterocycles. The van der Waals surface area contributed by atoms with Crippen LogP contribution in [-0.4, -0.2) is 42.4 Å². The number of hydrogen-bond donors (Lipinski definition) is 2. The van der Waals surface area contributed by atoms with Crippen molar-refractivity contribution in [2.45, 2.75) is 26.3 Å². The first kappa shape index (κ1) is 22.3. The summed E-state index contributed by atoms with van der Waals surface area (Å²) in [7, 11) is 3.25. The molecule has 2 N–H and O–H groups in total. The summed E-state index contributed by atoms with van der Waals surface area (Å²) in [5.41, 5.74) is 2.37. The predicted octanol–water partition coefficient (Wildman–Crippen LogP) is 3.60. The van der Waals surface area contributed by atoms with Gasteiger partial charge in [0.15, 0.2) is 11.5 Å². The van der Waals surface area contributed by atoms with Gasteiger partial charge in [-0.15, -0.1) is 0 Å². The molecule has 0 saturated carbocycles. The van der Waals surface area contributed by atoms with Crippen LogP contribution in [0, 0.1) is 0 Å². The lowest BCUT2D eigenvalue weighted by molar-refractivity contribution is 0.144. The second kappa shape index (κ2) is 10.6. The number of pyridine rings is 1. The summed E-state index contributed by atoms with van der Waals surface area (Å²) in [6, 6.07) is 11.1. The summed E-state index contributed by atoms with van der Waals surface area (Å²) in [5.74, 6) is 2.57. The Morgan fingerprint density at radius 3 is 2.61 bits per heavy atom. The fourth-order valence-corrected chi connectivity index (χ4v) is 3.06. The van der Waals surface area contributed by atoms with Gasteiger partial charge in [-0.2, -0.15) is 0 Å². The highest BCUT2D eigenvalue weighted by Crippen LogP contribution is 2.31. The lowest BCUT2D eigenvalue weighted by Gasteiger charge is -2.18. The molecule has 0 aliphatic rings. The van der Waals surface area contributed by atoms with Crippen molar-refractivity contribution in [1.82, 2.24) is 15.0 Å². The van der Waals surface area contributed by atoms with Gasteiger partial charge in [-0.3, -0.25) is 4.79 Å². The minimum Gasteiger partial charge on any atom is -0.493 e. The van der Waals surface area contributed by atoms with Gasteiger partial charge in [-0.05, 0) is 43.2 Å². The van der Waals surface area contributed by atoms with Crippen LogP contribution in [0.2, 0.25) is 0 Å². The van der Waals surface area contributed by atoms with E-state index in [0.29, 0.717) is 42.8 Å². The molecule has 2 heterocycles. The maximum Gasteiger partial charge on any atom is 0.251 e. The number of aromatic amines is 1. The molecule has 0 bridgehead atoms. The van der Waals surface area contributed by atoms with Crippen LogP contribution in [-0.2, 0) is 11.2 Å². The highest BCUT2D eigenvalue weighted by molar-refractivity contribution is 5.56. The monoisotopic (exact) mass is 424 g/mol. The van der Waals surface area contributed by atoms with Gasteiger partial charge in [0, 0.05) is 30.6 Å². The Morgan fingerprint density at radius 2 is 1.94 bits per heavy atom. The summed E-state index contributed by atoms with van der Waals surface area (Å²) < 4.78 is 16.2.